The molecular formula is C25H33N3O4S. The first-order chi connectivity index (χ1) is 16.0. The van der Waals surface area contributed by atoms with E-state index in [0.29, 0.717) is 36.6 Å². The normalized spacial score (nSPS) is 10.4. The van der Waals surface area contributed by atoms with Crippen LogP contribution >= 0.6 is 12.2 Å². The molecule has 33 heavy (non-hydrogen) atoms. The van der Waals surface area contributed by atoms with Crippen LogP contribution in [0.15, 0.2) is 48.5 Å². The van der Waals surface area contributed by atoms with Crippen molar-refractivity contribution in [1.82, 2.24) is 10.6 Å². The maximum Gasteiger partial charge on any atom is 0.257 e. The molecule has 0 saturated heterocycles. The van der Waals surface area contributed by atoms with Gasteiger partial charge >= 0.3 is 0 Å². The lowest BCUT2D eigenvalue weighted by Crippen LogP contribution is -2.34. The smallest absolute Gasteiger partial charge is 0.257 e. The van der Waals surface area contributed by atoms with E-state index < -0.39 is 0 Å². The second kappa shape index (κ2) is 15.0. The Balaban J connectivity index is 1.80. The summed E-state index contributed by atoms with van der Waals surface area (Å²) in [6.45, 7) is 3.73. The van der Waals surface area contributed by atoms with Crippen LogP contribution in [0.5, 0.6) is 5.75 Å². The van der Waals surface area contributed by atoms with E-state index >= 15 is 0 Å². The van der Waals surface area contributed by atoms with Crippen molar-refractivity contribution < 1.29 is 19.1 Å². The number of anilines is 1. The van der Waals surface area contributed by atoms with Crippen LogP contribution in [0, 0.1) is 0 Å². The molecular weight excluding hydrogens is 438 g/mol. The molecule has 7 nitrogen and oxygen atoms in total. The predicted octanol–water partition coefficient (Wildman–Crippen LogP) is 4.54. The molecule has 2 aromatic rings. The number of methoxy groups -OCH3 is 1. The third kappa shape index (κ3) is 10.0. The van der Waals surface area contributed by atoms with Crippen LogP contribution in [0.2, 0.25) is 0 Å². The minimum Gasteiger partial charge on any atom is -0.494 e. The van der Waals surface area contributed by atoms with Gasteiger partial charge in [0.15, 0.2) is 5.11 Å². The van der Waals surface area contributed by atoms with Crippen LogP contribution in [0.4, 0.5) is 5.69 Å². The summed E-state index contributed by atoms with van der Waals surface area (Å²) in [6, 6.07) is 13.8. The van der Waals surface area contributed by atoms with Gasteiger partial charge in [-0.3, -0.25) is 14.9 Å². The summed E-state index contributed by atoms with van der Waals surface area (Å²) in [5.74, 6) is 0.198. The van der Waals surface area contributed by atoms with Gasteiger partial charge in [-0.25, -0.2) is 0 Å². The fraction of sp³-hybridized carbons (Fsp3) is 0.400. The maximum atomic E-state index is 12.5. The number of unbranched alkanes of at least 4 members (excludes halogenated alkanes) is 4. The highest BCUT2D eigenvalue weighted by molar-refractivity contribution is 7.80. The van der Waals surface area contributed by atoms with Gasteiger partial charge in [0.05, 0.1) is 13.2 Å². The van der Waals surface area contributed by atoms with E-state index in [-0.39, 0.29) is 16.9 Å². The number of carbonyl (C=O) groups excluding carboxylic acids is 2. The van der Waals surface area contributed by atoms with E-state index in [1.807, 2.05) is 0 Å². The fourth-order valence-electron chi connectivity index (χ4n) is 3.04. The minimum atomic E-state index is -0.327. The molecule has 3 N–H and O–H groups in total. The predicted molar refractivity (Wildman–Crippen MR) is 135 cm³/mol. The summed E-state index contributed by atoms with van der Waals surface area (Å²) in [6.07, 6.45) is 5.91. The summed E-state index contributed by atoms with van der Waals surface area (Å²) < 4.78 is 10.7. The van der Waals surface area contributed by atoms with Gasteiger partial charge in [-0.1, -0.05) is 38.7 Å². The van der Waals surface area contributed by atoms with Crippen molar-refractivity contribution in [3.8, 4) is 5.75 Å². The molecule has 178 valence electrons. The Kier molecular flexibility index (Phi) is 11.9. The standard InChI is InChI=1S/C25H33N3O4S/c1-3-4-5-6-7-16-32-22-13-11-19(12-14-22)24(30)28-25(33)27-21-10-8-9-20(18-21)23(29)26-15-17-31-2/h8-14,18H,3-7,15-17H2,1-2H3,(H,26,29)(H2,27,28,30,33). The van der Waals surface area contributed by atoms with Crippen molar-refractivity contribution in [2.45, 2.75) is 39.0 Å². The number of amides is 2. The zero-order chi connectivity index (χ0) is 23.9. The molecule has 0 spiro atoms. The molecule has 0 aliphatic carbocycles. The van der Waals surface area contributed by atoms with E-state index in [2.05, 4.69) is 22.9 Å². The Morgan fingerprint density at radius 1 is 0.909 bits per heavy atom. The van der Waals surface area contributed by atoms with Gasteiger partial charge in [-0.2, -0.15) is 0 Å². The molecule has 0 radical (unpaired) electrons. The quantitative estimate of drug-likeness (QED) is 0.294. The van der Waals surface area contributed by atoms with E-state index in [9.17, 15) is 9.59 Å². The van der Waals surface area contributed by atoms with Crippen molar-refractivity contribution in [2.75, 3.05) is 32.2 Å². The lowest BCUT2D eigenvalue weighted by Gasteiger charge is -2.11. The summed E-state index contributed by atoms with van der Waals surface area (Å²) in [7, 11) is 1.57. The third-order valence-corrected chi connectivity index (χ3v) is 5.04. The molecule has 0 unspecified atom stereocenters. The molecule has 2 amide bonds. The van der Waals surface area contributed by atoms with Crippen LogP contribution < -0.4 is 20.7 Å². The lowest BCUT2D eigenvalue weighted by atomic mass is 10.2. The molecule has 8 heteroatoms. The SMILES string of the molecule is CCCCCCCOc1ccc(C(=O)NC(=S)Nc2cccc(C(=O)NCCOC)c2)cc1. The average Bonchev–Trinajstić information content (AvgIpc) is 2.82. The van der Waals surface area contributed by atoms with Crippen molar-refractivity contribution in [2.24, 2.45) is 0 Å². The number of rotatable bonds is 13. The Labute approximate surface area is 201 Å². The second-order valence-corrected chi connectivity index (χ2v) is 7.93. The van der Waals surface area contributed by atoms with Crippen LogP contribution in [-0.4, -0.2) is 43.8 Å². The van der Waals surface area contributed by atoms with Crippen LogP contribution in [0.25, 0.3) is 0 Å². The van der Waals surface area contributed by atoms with Crippen molar-refractivity contribution in [3.05, 3.63) is 59.7 Å². The van der Waals surface area contributed by atoms with Gasteiger partial charge < -0.3 is 20.1 Å². The topological polar surface area (TPSA) is 88.7 Å². The average molecular weight is 472 g/mol. The highest BCUT2D eigenvalue weighted by atomic mass is 32.1. The Bertz CT molecular complexity index is 903. The van der Waals surface area contributed by atoms with Gasteiger partial charge in [0.1, 0.15) is 5.75 Å². The Morgan fingerprint density at radius 2 is 1.67 bits per heavy atom. The first-order valence-electron chi connectivity index (χ1n) is 11.3. The number of carbonyl (C=O) groups is 2. The molecule has 0 aromatic heterocycles. The van der Waals surface area contributed by atoms with Gasteiger partial charge in [0.2, 0.25) is 0 Å². The van der Waals surface area contributed by atoms with Gasteiger partial charge in [-0.05, 0) is 61.1 Å². The third-order valence-electron chi connectivity index (χ3n) is 4.83. The van der Waals surface area contributed by atoms with Gasteiger partial charge in [-0.15, -0.1) is 0 Å². The molecule has 0 atom stereocenters. The fourth-order valence-corrected chi connectivity index (χ4v) is 3.25. The monoisotopic (exact) mass is 471 g/mol. The molecule has 2 aromatic carbocycles. The number of benzene rings is 2. The van der Waals surface area contributed by atoms with Gasteiger partial charge in [0, 0.05) is 30.5 Å². The van der Waals surface area contributed by atoms with E-state index in [4.69, 9.17) is 21.7 Å². The second-order valence-electron chi connectivity index (χ2n) is 7.52. The highest BCUT2D eigenvalue weighted by Crippen LogP contribution is 2.14. The number of hydrogen-bond donors (Lipinski definition) is 3. The molecule has 0 saturated carbocycles. The van der Waals surface area contributed by atoms with E-state index in [1.54, 1.807) is 55.6 Å². The number of hydrogen-bond acceptors (Lipinski definition) is 5. The van der Waals surface area contributed by atoms with E-state index in [0.717, 1.165) is 12.2 Å². The summed E-state index contributed by atoms with van der Waals surface area (Å²) in [4.78, 5) is 24.6. The number of ether oxygens (including phenoxy) is 2. The molecule has 0 aliphatic rings. The zero-order valence-corrected chi connectivity index (χ0v) is 20.1. The van der Waals surface area contributed by atoms with Crippen molar-refractivity contribution in [1.29, 1.82) is 0 Å². The summed E-state index contributed by atoms with van der Waals surface area (Å²) in [5, 5.41) is 8.49. The Hall–Kier alpha value is -2.97. The Morgan fingerprint density at radius 3 is 2.39 bits per heavy atom. The molecule has 0 heterocycles. The van der Waals surface area contributed by atoms with Crippen LogP contribution in [0.1, 0.15) is 59.7 Å². The maximum absolute atomic E-state index is 12.5. The largest absolute Gasteiger partial charge is 0.494 e. The van der Waals surface area contributed by atoms with Crippen LogP contribution in [-0.2, 0) is 4.74 Å². The highest BCUT2D eigenvalue weighted by Gasteiger charge is 2.10. The van der Waals surface area contributed by atoms with Crippen molar-refractivity contribution >= 4 is 34.8 Å². The number of nitrogens with one attached hydrogen (secondary N) is 3. The molecule has 0 bridgehead atoms. The molecule has 0 fully saturated rings. The first-order valence-corrected chi connectivity index (χ1v) is 11.7. The number of thiocarbonyl (C=S) groups is 1. The lowest BCUT2D eigenvalue weighted by molar-refractivity contribution is 0.0935. The minimum absolute atomic E-state index is 0.143. The molecule has 0 aliphatic heterocycles. The van der Waals surface area contributed by atoms with Gasteiger partial charge in [0.25, 0.3) is 11.8 Å². The summed E-state index contributed by atoms with van der Waals surface area (Å²) >= 11 is 5.25. The van der Waals surface area contributed by atoms with Crippen LogP contribution in [0.3, 0.4) is 0 Å². The van der Waals surface area contributed by atoms with Crippen molar-refractivity contribution in [3.63, 3.8) is 0 Å². The first kappa shape index (κ1) is 26.3. The van der Waals surface area contributed by atoms with E-state index in [1.165, 1.54) is 25.7 Å². The molecule has 2 rings (SSSR count). The summed E-state index contributed by atoms with van der Waals surface area (Å²) in [5.41, 5.74) is 1.55. The zero-order valence-electron chi connectivity index (χ0n) is 19.3.